The van der Waals surface area contributed by atoms with Crippen molar-refractivity contribution in [2.24, 2.45) is 0 Å². The Bertz CT molecular complexity index is 541. The third-order valence-corrected chi connectivity index (χ3v) is 4.48. The molecule has 0 aliphatic carbocycles. The number of carbonyl (C=O) groups is 1. The van der Waals surface area contributed by atoms with Crippen molar-refractivity contribution >= 4 is 16.0 Å². The standard InChI is InChI=1S/C14H22N2O4S/c1-3-16(4-2)13(12-8-6-5-7-9-12)10-15-21(19,20)11-14(17)18/h5-9,13,15H,3-4,10-11H2,1-2H3,(H,17,18). The first kappa shape index (κ1) is 17.6. The number of rotatable bonds is 9. The van der Waals surface area contributed by atoms with Gasteiger partial charge in [0.15, 0.2) is 5.75 Å². The van der Waals surface area contributed by atoms with Crippen molar-refractivity contribution in [3.63, 3.8) is 0 Å². The van der Waals surface area contributed by atoms with Crippen LogP contribution in [-0.2, 0) is 14.8 Å². The number of nitrogens with one attached hydrogen (secondary N) is 1. The van der Waals surface area contributed by atoms with Gasteiger partial charge in [0, 0.05) is 12.6 Å². The highest BCUT2D eigenvalue weighted by molar-refractivity contribution is 7.90. The first-order chi connectivity index (χ1) is 9.89. The van der Waals surface area contributed by atoms with Gasteiger partial charge < -0.3 is 5.11 Å². The molecule has 0 radical (unpaired) electrons. The van der Waals surface area contributed by atoms with Gasteiger partial charge in [-0.15, -0.1) is 0 Å². The lowest BCUT2D eigenvalue weighted by Gasteiger charge is -2.30. The SMILES string of the molecule is CCN(CC)C(CNS(=O)(=O)CC(=O)O)c1ccccc1. The Balaban J connectivity index is 2.87. The normalized spacial score (nSPS) is 13.3. The van der Waals surface area contributed by atoms with Crippen LogP contribution in [0.4, 0.5) is 0 Å². The second-order valence-corrected chi connectivity index (χ2v) is 6.46. The number of carboxylic acid groups (broad SMARTS) is 1. The summed E-state index contributed by atoms with van der Waals surface area (Å²) in [4.78, 5) is 12.7. The molecule has 0 spiro atoms. The maximum atomic E-state index is 11.7. The van der Waals surface area contributed by atoms with E-state index in [4.69, 9.17) is 5.11 Å². The van der Waals surface area contributed by atoms with E-state index in [9.17, 15) is 13.2 Å². The first-order valence-corrected chi connectivity index (χ1v) is 8.53. The molecule has 0 aliphatic rings. The van der Waals surface area contributed by atoms with Crippen molar-refractivity contribution in [2.45, 2.75) is 19.9 Å². The quantitative estimate of drug-likeness (QED) is 0.712. The van der Waals surface area contributed by atoms with Crippen LogP contribution in [0.25, 0.3) is 0 Å². The van der Waals surface area contributed by atoms with Gasteiger partial charge in [-0.2, -0.15) is 0 Å². The maximum absolute atomic E-state index is 11.7. The van der Waals surface area contributed by atoms with Crippen LogP contribution in [0.1, 0.15) is 25.5 Å². The van der Waals surface area contributed by atoms with Gasteiger partial charge in [0.2, 0.25) is 10.0 Å². The van der Waals surface area contributed by atoms with E-state index in [-0.39, 0.29) is 12.6 Å². The Kier molecular flexibility index (Phi) is 6.80. The van der Waals surface area contributed by atoms with Gasteiger partial charge >= 0.3 is 5.97 Å². The molecular weight excluding hydrogens is 292 g/mol. The molecule has 0 aliphatic heterocycles. The molecule has 0 aromatic heterocycles. The topological polar surface area (TPSA) is 86.7 Å². The fraction of sp³-hybridized carbons (Fsp3) is 0.500. The molecule has 0 saturated carbocycles. The monoisotopic (exact) mass is 314 g/mol. The Morgan fingerprint density at radius 3 is 2.29 bits per heavy atom. The lowest BCUT2D eigenvalue weighted by Crippen LogP contribution is -2.39. The van der Waals surface area contributed by atoms with Gasteiger partial charge in [-0.3, -0.25) is 9.69 Å². The Hall–Kier alpha value is -1.44. The summed E-state index contributed by atoms with van der Waals surface area (Å²) in [5.41, 5.74) is 0.999. The van der Waals surface area contributed by atoms with E-state index in [2.05, 4.69) is 9.62 Å². The molecule has 1 aromatic rings. The largest absolute Gasteiger partial charge is 0.480 e. The van der Waals surface area contributed by atoms with Crippen molar-refractivity contribution in [3.05, 3.63) is 35.9 Å². The predicted octanol–water partition coefficient (Wildman–Crippen LogP) is 1.07. The third kappa shape index (κ3) is 5.82. The number of hydrogen-bond donors (Lipinski definition) is 2. The van der Waals surface area contributed by atoms with Gasteiger partial charge in [0.1, 0.15) is 0 Å². The molecule has 2 N–H and O–H groups in total. The van der Waals surface area contributed by atoms with E-state index < -0.39 is 21.7 Å². The number of likely N-dealkylation sites (N-methyl/N-ethyl adjacent to an activating group) is 1. The van der Waals surface area contributed by atoms with E-state index in [0.717, 1.165) is 18.7 Å². The van der Waals surface area contributed by atoms with Crippen LogP contribution >= 0.6 is 0 Å². The predicted molar refractivity (Wildman–Crippen MR) is 81.5 cm³/mol. The average Bonchev–Trinajstić information content (AvgIpc) is 2.43. The summed E-state index contributed by atoms with van der Waals surface area (Å²) in [5, 5.41) is 8.60. The minimum atomic E-state index is -3.81. The maximum Gasteiger partial charge on any atom is 0.320 e. The zero-order valence-electron chi connectivity index (χ0n) is 12.3. The van der Waals surface area contributed by atoms with Gasteiger partial charge in [-0.05, 0) is 18.7 Å². The van der Waals surface area contributed by atoms with E-state index >= 15 is 0 Å². The number of sulfonamides is 1. The highest BCUT2D eigenvalue weighted by Crippen LogP contribution is 2.19. The van der Waals surface area contributed by atoms with Crippen LogP contribution in [0.15, 0.2) is 30.3 Å². The molecule has 1 unspecified atom stereocenters. The highest BCUT2D eigenvalue weighted by Gasteiger charge is 2.22. The zero-order valence-corrected chi connectivity index (χ0v) is 13.1. The number of aliphatic carboxylic acids is 1. The first-order valence-electron chi connectivity index (χ1n) is 6.87. The van der Waals surface area contributed by atoms with Crippen molar-refractivity contribution in [1.29, 1.82) is 0 Å². The average molecular weight is 314 g/mol. The molecule has 21 heavy (non-hydrogen) atoms. The lowest BCUT2D eigenvalue weighted by molar-refractivity contribution is -0.134. The van der Waals surface area contributed by atoms with E-state index in [1.54, 1.807) is 0 Å². The minimum absolute atomic E-state index is 0.121. The van der Waals surface area contributed by atoms with Crippen molar-refractivity contribution < 1.29 is 18.3 Å². The summed E-state index contributed by atoms with van der Waals surface area (Å²) in [7, 11) is -3.81. The minimum Gasteiger partial charge on any atom is -0.480 e. The molecule has 1 atom stereocenters. The van der Waals surface area contributed by atoms with Gasteiger partial charge in [0.25, 0.3) is 0 Å². The molecule has 0 fully saturated rings. The number of carboxylic acids is 1. The summed E-state index contributed by atoms with van der Waals surface area (Å²) in [6, 6.07) is 9.46. The van der Waals surface area contributed by atoms with Gasteiger partial charge in [-0.1, -0.05) is 44.2 Å². The molecule has 0 saturated heterocycles. The molecular formula is C14H22N2O4S. The Morgan fingerprint density at radius 2 is 1.81 bits per heavy atom. The highest BCUT2D eigenvalue weighted by atomic mass is 32.2. The van der Waals surface area contributed by atoms with E-state index in [1.165, 1.54) is 0 Å². The second kappa shape index (κ2) is 8.11. The molecule has 0 heterocycles. The van der Waals surface area contributed by atoms with Crippen molar-refractivity contribution in [3.8, 4) is 0 Å². The third-order valence-electron chi connectivity index (χ3n) is 3.25. The number of benzene rings is 1. The van der Waals surface area contributed by atoms with Gasteiger partial charge in [0.05, 0.1) is 0 Å². The van der Waals surface area contributed by atoms with Crippen LogP contribution < -0.4 is 4.72 Å². The summed E-state index contributed by atoms with van der Waals surface area (Å²) in [6.07, 6.45) is 0. The molecule has 118 valence electrons. The van der Waals surface area contributed by atoms with Crippen molar-refractivity contribution in [1.82, 2.24) is 9.62 Å². The molecule has 0 amide bonds. The molecule has 7 heteroatoms. The smallest absolute Gasteiger partial charge is 0.320 e. The molecule has 0 bridgehead atoms. The Morgan fingerprint density at radius 1 is 1.24 bits per heavy atom. The fourth-order valence-electron chi connectivity index (χ4n) is 2.22. The van der Waals surface area contributed by atoms with E-state index in [0.29, 0.717) is 0 Å². The Labute approximate surface area is 125 Å². The molecule has 1 aromatic carbocycles. The summed E-state index contributed by atoms with van der Waals surface area (Å²) >= 11 is 0. The van der Waals surface area contributed by atoms with Crippen LogP contribution in [0, 0.1) is 0 Å². The zero-order chi connectivity index (χ0) is 15.9. The lowest BCUT2D eigenvalue weighted by atomic mass is 10.1. The van der Waals surface area contributed by atoms with E-state index in [1.807, 2.05) is 44.2 Å². The molecule has 1 rings (SSSR count). The number of hydrogen-bond acceptors (Lipinski definition) is 4. The number of nitrogens with zero attached hydrogens (tertiary/aromatic N) is 1. The van der Waals surface area contributed by atoms with Gasteiger partial charge in [-0.25, -0.2) is 13.1 Å². The summed E-state index contributed by atoms with van der Waals surface area (Å²) in [6.45, 7) is 5.71. The van der Waals surface area contributed by atoms with Crippen molar-refractivity contribution in [2.75, 3.05) is 25.4 Å². The summed E-state index contributed by atoms with van der Waals surface area (Å²) in [5.74, 6) is -2.27. The van der Waals surface area contributed by atoms with Crippen LogP contribution in [-0.4, -0.2) is 49.8 Å². The van der Waals surface area contributed by atoms with Crippen LogP contribution in [0.3, 0.4) is 0 Å². The molecule has 6 nitrogen and oxygen atoms in total. The fourth-order valence-corrected chi connectivity index (χ4v) is 3.06. The summed E-state index contributed by atoms with van der Waals surface area (Å²) < 4.78 is 25.7. The second-order valence-electron chi connectivity index (χ2n) is 4.65. The van der Waals surface area contributed by atoms with Crippen LogP contribution in [0.5, 0.6) is 0 Å². The van der Waals surface area contributed by atoms with Crippen LogP contribution in [0.2, 0.25) is 0 Å².